The van der Waals surface area contributed by atoms with E-state index in [1.165, 1.54) is 10.4 Å². The Morgan fingerprint density at radius 2 is 2.12 bits per heavy atom. The number of carboxylic acids is 1. The lowest BCUT2D eigenvalue weighted by Crippen LogP contribution is -2.52. The van der Waals surface area contributed by atoms with Gasteiger partial charge in [0.25, 0.3) is 10.0 Å². The molecule has 0 aromatic carbocycles. The SMILES string of the molecule is O=C(O)C1CN(S(=O)(=O)c2ccc(Br)s2)C1. The van der Waals surface area contributed by atoms with Crippen LogP contribution in [0.25, 0.3) is 0 Å². The van der Waals surface area contributed by atoms with Crippen LogP contribution in [-0.2, 0) is 14.8 Å². The average molecular weight is 326 g/mol. The number of sulfonamides is 1. The lowest BCUT2D eigenvalue weighted by molar-refractivity contribution is -0.145. The monoisotopic (exact) mass is 325 g/mol. The number of carboxylic acid groups (broad SMARTS) is 1. The van der Waals surface area contributed by atoms with Crippen LogP contribution in [-0.4, -0.2) is 36.9 Å². The summed E-state index contributed by atoms with van der Waals surface area (Å²) in [6, 6.07) is 3.17. The Kier molecular flexibility index (Phi) is 3.08. The van der Waals surface area contributed by atoms with Crippen LogP contribution in [0.4, 0.5) is 0 Å². The van der Waals surface area contributed by atoms with Crippen molar-refractivity contribution in [3.05, 3.63) is 15.9 Å². The van der Waals surface area contributed by atoms with Crippen LogP contribution >= 0.6 is 27.3 Å². The molecule has 1 aliphatic rings. The second-order valence-electron chi connectivity index (χ2n) is 3.42. The van der Waals surface area contributed by atoms with E-state index in [1.807, 2.05) is 0 Å². The molecule has 1 saturated heterocycles. The molecular weight excluding hydrogens is 318 g/mol. The summed E-state index contributed by atoms with van der Waals surface area (Å²) in [5.74, 6) is -1.52. The van der Waals surface area contributed by atoms with Gasteiger partial charge in [0.05, 0.1) is 9.70 Å². The first-order chi connectivity index (χ1) is 7.41. The third-order valence-electron chi connectivity index (χ3n) is 2.34. The lowest BCUT2D eigenvalue weighted by Gasteiger charge is -2.34. The molecule has 1 aliphatic heterocycles. The van der Waals surface area contributed by atoms with E-state index in [9.17, 15) is 13.2 Å². The molecule has 1 fully saturated rings. The predicted molar refractivity (Wildman–Crippen MR) is 61.9 cm³/mol. The van der Waals surface area contributed by atoms with Crippen molar-refractivity contribution in [3.63, 3.8) is 0 Å². The smallest absolute Gasteiger partial charge is 0.309 e. The molecule has 0 spiro atoms. The third kappa shape index (κ3) is 2.02. The van der Waals surface area contributed by atoms with Gasteiger partial charge in [0.1, 0.15) is 4.21 Å². The van der Waals surface area contributed by atoms with Gasteiger partial charge < -0.3 is 5.11 Å². The lowest BCUT2D eigenvalue weighted by atomic mass is 10.0. The molecule has 0 radical (unpaired) electrons. The zero-order valence-electron chi connectivity index (χ0n) is 7.96. The third-order valence-corrected chi connectivity index (χ3v) is 6.26. The van der Waals surface area contributed by atoms with Gasteiger partial charge in [0.2, 0.25) is 0 Å². The molecule has 0 atom stereocenters. The van der Waals surface area contributed by atoms with E-state index in [-0.39, 0.29) is 17.3 Å². The maximum Gasteiger partial charge on any atom is 0.309 e. The zero-order valence-corrected chi connectivity index (χ0v) is 11.2. The van der Waals surface area contributed by atoms with Crippen LogP contribution in [0.5, 0.6) is 0 Å². The molecule has 0 unspecified atom stereocenters. The first-order valence-electron chi connectivity index (χ1n) is 4.39. The van der Waals surface area contributed by atoms with E-state index in [0.717, 1.165) is 15.1 Å². The van der Waals surface area contributed by atoms with E-state index in [1.54, 1.807) is 6.07 Å². The highest BCUT2D eigenvalue weighted by molar-refractivity contribution is 9.11. The van der Waals surface area contributed by atoms with Crippen molar-refractivity contribution in [1.82, 2.24) is 4.31 Å². The highest BCUT2D eigenvalue weighted by atomic mass is 79.9. The predicted octanol–water partition coefficient (Wildman–Crippen LogP) is 1.22. The van der Waals surface area contributed by atoms with Gasteiger partial charge in [0, 0.05) is 13.1 Å². The summed E-state index contributed by atoms with van der Waals surface area (Å²) in [7, 11) is -3.49. The van der Waals surface area contributed by atoms with Crippen LogP contribution in [0.3, 0.4) is 0 Å². The molecule has 1 N–H and O–H groups in total. The van der Waals surface area contributed by atoms with E-state index in [0.29, 0.717) is 0 Å². The van der Waals surface area contributed by atoms with E-state index in [4.69, 9.17) is 5.11 Å². The van der Waals surface area contributed by atoms with Crippen LogP contribution in [0.1, 0.15) is 0 Å². The quantitative estimate of drug-likeness (QED) is 0.906. The van der Waals surface area contributed by atoms with Gasteiger partial charge >= 0.3 is 5.97 Å². The molecule has 1 aromatic heterocycles. The first kappa shape index (κ1) is 12.0. The topological polar surface area (TPSA) is 74.7 Å². The Hall–Kier alpha value is -0.440. The molecule has 16 heavy (non-hydrogen) atoms. The number of aliphatic carboxylic acids is 1. The van der Waals surface area contributed by atoms with Gasteiger partial charge in [-0.3, -0.25) is 4.79 Å². The number of hydrogen-bond acceptors (Lipinski definition) is 4. The van der Waals surface area contributed by atoms with Gasteiger partial charge in [-0.05, 0) is 28.1 Å². The van der Waals surface area contributed by atoms with Gasteiger partial charge in [0.15, 0.2) is 0 Å². The van der Waals surface area contributed by atoms with Crippen LogP contribution < -0.4 is 0 Å². The number of halogens is 1. The van der Waals surface area contributed by atoms with Crippen molar-refractivity contribution in [2.24, 2.45) is 5.92 Å². The van der Waals surface area contributed by atoms with Crippen molar-refractivity contribution in [3.8, 4) is 0 Å². The minimum atomic E-state index is -3.49. The van der Waals surface area contributed by atoms with Crippen LogP contribution in [0.2, 0.25) is 0 Å². The summed E-state index contributed by atoms with van der Waals surface area (Å²) in [5, 5.41) is 8.67. The zero-order chi connectivity index (χ0) is 11.9. The Morgan fingerprint density at radius 3 is 2.56 bits per heavy atom. The highest BCUT2D eigenvalue weighted by Gasteiger charge is 2.40. The van der Waals surface area contributed by atoms with Crippen molar-refractivity contribution >= 4 is 43.3 Å². The summed E-state index contributed by atoms with van der Waals surface area (Å²) in [5.41, 5.74) is 0. The summed E-state index contributed by atoms with van der Waals surface area (Å²) < 4.78 is 26.0. The Labute approximate surface area is 105 Å². The number of nitrogens with zero attached hydrogens (tertiary/aromatic N) is 1. The molecule has 2 heterocycles. The molecule has 1 aromatic rings. The maximum atomic E-state index is 11.9. The van der Waals surface area contributed by atoms with Crippen molar-refractivity contribution in [2.45, 2.75) is 4.21 Å². The highest BCUT2D eigenvalue weighted by Crippen LogP contribution is 2.31. The van der Waals surface area contributed by atoms with Crippen molar-refractivity contribution in [2.75, 3.05) is 13.1 Å². The van der Waals surface area contributed by atoms with Gasteiger partial charge in [-0.1, -0.05) is 0 Å². The Morgan fingerprint density at radius 1 is 1.50 bits per heavy atom. The fourth-order valence-electron chi connectivity index (χ4n) is 1.35. The minimum absolute atomic E-state index is 0.0627. The first-order valence-corrected chi connectivity index (χ1v) is 7.44. The molecule has 88 valence electrons. The number of hydrogen-bond donors (Lipinski definition) is 1. The van der Waals surface area contributed by atoms with E-state index < -0.39 is 21.9 Å². The molecule has 0 bridgehead atoms. The summed E-state index contributed by atoms with van der Waals surface area (Å²) >= 11 is 4.31. The van der Waals surface area contributed by atoms with E-state index >= 15 is 0 Å². The Bertz CT molecular complexity index is 518. The molecule has 0 amide bonds. The molecule has 2 rings (SSSR count). The average Bonchev–Trinajstić information content (AvgIpc) is 2.47. The fraction of sp³-hybridized carbons (Fsp3) is 0.375. The second-order valence-corrected chi connectivity index (χ2v) is 8.04. The molecular formula is C8H8BrNO4S2. The molecule has 0 saturated carbocycles. The number of thiophene rings is 1. The summed E-state index contributed by atoms with van der Waals surface area (Å²) in [6.45, 7) is 0.125. The largest absolute Gasteiger partial charge is 0.481 e. The van der Waals surface area contributed by atoms with Crippen LogP contribution in [0, 0.1) is 5.92 Å². The van der Waals surface area contributed by atoms with E-state index in [2.05, 4.69) is 15.9 Å². The Balaban J connectivity index is 2.14. The van der Waals surface area contributed by atoms with Gasteiger partial charge in [-0.2, -0.15) is 4.31 Å². The number of rotatable bonds is 3. The molecule has 0 aliphatic carbocycles. The second kappa shape index (κ2) is 4.10. The van der Waals surface area contributed by atoms with Crippen molar-refractivity contribution in [1.29, 1.82) is 0 Å². The standard InChI is InChI=1S/C8H8BrNO4S2/c9-6-1-2-7(15-6)16(13,14)10-3-5(4-10)8(11)12/h1-2,5H,3-4H2,(H,11,12). The normalized spacial score (nSPS) is 18.3. The maximum absolute atomic E-state index is 11.9. The van der Waals surface area contributed by atoms with Crippen molar-refractivity contribution < 1.29 is 18.3 Å². The summed E-state index contributed by atoms with van der Waals surface area (Å²) in [4.78, 5) is 10.6. The fourth-order valence-corrected chi connectivity index (χ4v) is 5.05. The van der Waals surface area contributed by atoms with Gasteiger partial charge in [-0.15, -0.1) is 11.3 Å². The molecule has 8 heteroatoms. The molecule has 5 nitrogen and oxygen atoms in total. The summed E-state index contributed by atoms with van der Waals surface area (Å²) in [6.07, 6.45) is 0. The number of carbonyl (C=O) groups is 1. The minimum Gasteiger partial charge on any atom is -0.481 e. The van der Waals surface area contributed by atoms with Gasteiger partial charge in [-0.25, -0.2) is 8.42 Å². The van der Waals surface area contributed by atoms with Crippen LogP contribution in [0.15, 0.2) is 20.1 Å².